The molecule has 16 heavy (non-hydrogen) atoms. The van der Waals surface area contributed by atoms with Crippen molar-refractivity contribution in [1.82, 2.24) is 15.3 Å². The van der Waals surface area contributed by atoms with Crippen molar-refractivity contribution in [3.8, 4) is 0 Å². The van der Waals surface area contributed by atoms with Gasteiger partial charge in [0.1, 0.15) is 5.82 Å². The minimum atomic E-state index is 0.503. The minimum absolute atomic E-state index is 0.503. The molecular weight excluding hydrogens is 238 g/mol. The maximum absolute atomic E-state index is 4.73. The molecule has 0 aliphatic carbocycles. The fourth-order valence-corrected chi connectivity index (χ4v) is 4.74. The van der Waals surface area contributed by atoms with Gasteiger partial charge in [-0.25, -0.2) is 9.97 Å². The van der Waals surface area contributed by atoms with E-state index >= 15 is 0 Å². The molecule has 0 bridgehead atoms. The van der Waals surface area contributed by atoms with E-state index in [0.717, 1.165) is 24.7 Å². The summed E-state index contributed by atoms with van der Waals surface area (Å²) in [7, 11) is 0. The molecule has 1 fully saturated rings. The lowest BCUT2D eigenvalue weighted by molar-refractivity contribution is 0.755. The lowest BCUT2D eigenvalue weighted by Crippen LogP contribution is -2.12. The molecule has 3 nitrogen and oxygen atoms in total. The second kappa shape index (κ2) is 4.55. The van der Waals surface area contributed by atoms with Gasteiger partial charge in [-0.3, -0.25) is 0 Å². The summed E-state index contributed by atoms with van der Waals surface area (Å²) in [6.45, 7) is 3.96. The SMILES string of the molecule is Cc1nc(C2CSCCS2)nc2c1CNC2. The van der Waals surface area contributed by atoms with Gasteiger partial charge in [-0.1, -0.05) is 0 Å². The topological polar surface area (TPSA) is 37.8 Å². The summed E-state index contributed by atoms with van der Waals surface area (Å²) < 4.78 is 0. The first-order valence-electron chi connectivity index (χ1n) is 5.61. The standard InChI is InChI=1S/C11H15N3S2/c1-7-8-4-12-5-9(8)14-11(13-7)10-6-15-2-3-16-10/h10,12H,2-6H2,1H3. The Morgan fingerprint density at radius 2 is 2.19 bits per heavy atom. The Labute approximate surface area is 104 Å². The molecule has 0 radical (unpaired) electrons. The molecule has 3 heterocycles. The molecule has 0 amide bonds. The Hall–Kier alpha value is -0.260. The Balaban J connectivity index is 1.92. The molecule has 1 unspecified atom stereocenters. The number of fused-ring (bicyclic) bond motifs is 1. The van der Waals surface area contributed by atoms with Crippen LogP contribution in [0, 0.1) is 6.92 Å². The maximum atomic E-state index is 4.73. The molecule has 2 aliphatic rings. The van der Waals surface area contributed by atoms with E-state index in [-0.39, 0.29) is 0 Å². The number of aryl methyl sites for hydroxylation is 1. The molecule has 0 saturated carbocycles. The van der Waals surface area contributed by atoms with Crippen molar-refractivity contribution in [2.45, 2.75) is 25.3 Å². The number of aromatic nitrogens is 2. The Kier molecular flexibility index (Phi) is 3.09. The summed E-state index contributed by atoms with van der Waals surface area (Å²) in [5, 5.41) is 3.85. The molecule has 1 aromatic heterocycles. The van der Waals surface area contributed by atoms with Crippen LogP contribution < -0.4 is 5.32 Å². The molecule has 2 aliphatic heterocycles. The number of rotatable bonds is 1. The van der Waals surface area contributed by atoms with E-state index in [0.29, 0.717) is 5.25 Å². The van der Waals surface area contributed by atoms with Crippen LogP contribution in [0.4, 0.5) is 0 Å². The van der Waals surface area contributed by atoms with E-state index in [1.54, 1.807) is 0 Å². The molecule has 5 heteroatoms. The number of hydrogen-bond acceptors (Lipinski definition) is 5. The van der Waals surface area contributed by atoms with Crippen LogP contribution in [0.5, 0.6) is 0 Å². The highest BCUT2D eigenvalue weighted by Crippen LogP contribution is 2.35. The minimum Gasteiger partial charge on any atom is -0.307 e. The van der Waals surface area contributed by atoms with Crippen LogP contribution in [0.3, 0.4) is 0 Å². The number of nitrogens with zero attached hydrogens (tertiary/aromatic N) is 2. The summed E-state index contributed by atoms with van der Waals surface area (Å²) in [5.74, 6) is 4.72. The quantitative estimate of drug-likeness (QED) is 0.827. The zero-order valence-corrected chi connectivity index (χ0v) is 11.0. The predicted molar refractivity (Wildman–Crippen MR) is 69.8 cm³/mol. The van der Waals surface area contributed by atoms with Crippen LogP contribution in [-0.2, 0) is 13.1 Å². The van der Waals surface area contributed by atoms with Gasteiger partial charge in [-0.15, -0.1) is 11.8 Å². The van der Waals surface area contributed by atoms with Gasteiger partial charge in [0, 0.05) is 41.6 Å². The Bertz CT molecular complexity index is 402. The van der Waals surface area contributed by atoms with Gasteiger partial charge in [-0.05, 0) is 6.92 Å². The van der Waals surface area contributed by atoms with E-state index in [9.17, 15) is 0 Å². The highest BCUT2D eigenvalue weighted by molar-refractivity contribution is 8.06. The lowest BCUT2D eigenvalue weighted by Gasteiger charge is -2.20. The molecule has 1 atom stereocenters. The van der Waals surface area contributed by atoms with E-state index in [1.165, 1.54) is 28.5 Å². The first-order chi connectivity index (χ1) is 7.84. The van der Waals surface area contributed by atoms with Crippen LogP contribution >= 0.6 is 23.5 Å². The van der Waals surface area contributed by atoms with Gasteiger partial charge in [0.15, 0.2) is 0 Å². The number of thioether (sulfide) groups is 2. The van der Waals surface area contributed by atoms with Gasteiger partial charge in [0.05, 0.1) is 10.9 Å². The molecule has 0 aromatic carbocycles. The third kappa shape index (κ3) is 1.96. The molecular formula is C11H15N3S2. The van der Waals surface area contributed by atoms with Crippen molar-refractivity contribution < 1.29 is 0 Å². The monoisotopic (exact) mass is 253 g/mol. The Morgan fingerprint density at radius 1 is 1.25 bits per heavy atom. The van der Waals surface area contributed by atoms with E-state index < -0.39 is 0 Å². The maximum Gasteiger partial charge on any atom is 0.142 e. The molecule has 3 rings (SSSR count). The van der Waals surface area contributed by atoms with Crippen molar-refractivity contribution in [1.29, 1.82) is 0 Å². The first-order valence-corrected chi connectivity index (χ1v) is 7.81. The third-order valence-corrected chi connectivity index (χ3v) is 5.77. The van der Waals surface area contributed by atoms with Crippen molar-refractivity contribution >= 4 is 23.5 Å². The normalized spacial score (nSPS) is 24.4. The largest absolute Gasteiger partial charge is 0.307 e. The highest BCUT2D eigenvalue weighted by atomic mass is 32.2. The fraction of sp³-hybridized carbons (Fsp3) is 0.636. The number of nitrogens with one attached hydrogen (secondary N) is 1. The molecule has 1 N–H and O–H groups in total. The van der Waals surface area contributed by atoms with Crippen molar-refractivity contribution in [2.75, 3.05) is 17.3 Å². The van der Waals surface area contributed by atoms with Crippen molar-refractivity contribution in [2.24, 2.45) is 0 Å². The molecule has 0 spiro atoms. The van der Waals surface area contributed by atoms with Crippen LogP contribution in [0.1, 0.15) is 28.0 Å². The number of hydrogen-bond donors (Lipinski definition) is 1. The highest BCUT2D eigenvalue weighted by Gasteiger charge is 2.23. The molecule has 1 aromatic rings. The summed E-state index contributed by atoms with van der Waals surface area (Å²) in [4.78, 5) is 9.41. The second-order valence-corrected chi connectivity index (χ2v) is 6.59. The van der Waals surface area contributed by atoms with E-state index in [4.69, 9.17) is 4.98 Å². The van der Waals surface area contributed by atoms with E-state index in [1.807, 2.05) is 23.5 Å². The Morgan fingerprint density at radius 3 is 3.00 bits per heavy atom. The zero-order valence-electron chi connectivity index (χ0n) is 9.32. The summed E-state index contributed by atoms with van der Waals surface area (Å²) in [5.41, 5.74) is 3.71. The van der Waals surface area contributed by atoms with Crippen LogP contribution in [0.2, 0.25) is 0 Å². The third-order valence-electron chi connectivity index (χ3n) is 3.01. The van der Waals surface area contributed by atoms with Crippen LogP contribution in [-0.4, -0.2) is 27.2 Å². The van der Waals surface area contributed by atoms with Gasteiger partial charge in [0.25, 0.3) is 0 Å². The summed E-state index contributed by atoms with van der Waals surface area (Å²) in [6, 6.07) is 0. The van der Waals surface area contributed by atoms with Gasteiger partial charge < -0.3 is 5.32 Å². The smallest absolute Gasteiger partial charge is 0.142 e. The van der Waals surface area contributed by atoms with Gasteiger partial charge >= 0.3 is 0 Å². The average Bonchev–Trinajstić information content (AvgIpc) is 2.79. The van der Waals surface area contributed by atoms with Gasteiger partial charge in [-0.2, -0.15) is 11.8 Å². The van der Waals surface area contributed by atoms with Crippen LogP contribution in [0.25, 0.3) is 0 Å². The van der Waals surface area contributed by atoms with Gasteiger partial charge in [0.2, 0.25) is 0 Å². The van der Waals surface area contributed by atoms with Crippen molar-refractivity contribution in [3.63, 3.8) is 0 Å². The van der Waals surface area contributed by atoms with E-state index in [2.05, 4.69) is 17.2 Å². The molecule has 86 valence electrons. The zero-order chi connectivity index (χ0) is 11.0. The van der Waals surface area contributed by atoms with Crippen LogP contribution in [0.15, 0.2) is 0 Å². The predicted octanol–water partition coefficient (Wildman–Crippen LogP) is 1.91. The average molecular weight is 253 g/mol. The first kappa shape index (κ1) is 10.9. The van der Waals surface area contributed by atoms with Crippen molar-refractivity contribution in [3.05, 3.63) is 22.8 Å². The second-order valence-electron chi connectivity index (χ2n) is 4.13. The molecule has 1 saturated heterocycles. The summed E-state index contributed by atoms with van der Waals surface area (Å²) >= 11 is 4.02. The fourth-order valence-electron chi connectivity index (χ4n) is 2.14. The summed E-state index contributed by atoms with van der Waals surface area (Å²) in [6.07, 6.45) is 0. The lowest BCUT2D eigenvalue weighted by atomic mass is 10.2.